The third-order valence-corrected chi connectivity index (χ3v) is 2.51. The number of benzene rings is 1. The fraction of sp³-hybridized carbons (Fsp3) is 0.154. The first-order chi connectivity index (χ1) is 8.63. The van der Waals surface area contributed by atoms with E-state index in [2.05, 4.69) is 4.98 Å². The maximum Gasteiger partial charge on any atom is 0.213 e. The fourth-order valence-corrected chi connectivity index (χ4v) is 1.65. The van der Waals surface area contributed by atoms with Crippen LogP contribution in [0.1, 0.15) is 0 Å². The van der Waals surface area contributed by atoms with Crippen molar-refractivity contribution >= 4 is 5.69 Å². The number of pyridine rings is 1. The zero-order valence-corrected chi connectivity index (χ0v) is 10.1. The van der Waals surface area contributed by atoms with E-state index in [1.807, 2.05) is 0 Å². The monoisotopic (exact) mass is 248 g/mol. The molecule has 0 aliphatic heterocycles. The molecular formula is C13H13FN2O2. The van der Waals surface area contributed by atoms with Crippen LogP contribution >= 0.6 is 0 Å². The summed E-state index contributed by atoms with van der Waals surface area (Å²) in [6.07, 6.45) is 1.11. The van der Waals surface area contributed by atoms with E-state index in [9.17, 15) is 4.39 Å². The predicted octanol–water partition coefficient (Wildman–Crippen LogP) is 2.49. The first-order valence-corrected chi connectivity index (χ1v) is 5.28. The van der Waals surface area contributed by atoms with Gasteiger partial charge in [-0.15, -0.1) is 0 Å². The molecule has 0 bridgehead atoms. The number of hydrogen-bond donors (Lipinski definition) is 1. The van der Waals surface area contributed by atoms with Gasteiger partial charge in [-0.3, -0.25) is 0 Å². The van der Waals surface area contributed by atoms with Gasteiger partial charge < -0.3 is 15.2 Å². The summed E-state index contributed by atoms with van der Waals surface area (Å²) in [6.45, 7) is 0. The number of halogens is 1. The van der Waals surface area contributed by atoms with Crippen LogP contribution in [0.4, 0.5) is 10.1 Å². The summed E-state index contributed by atoms with van der Waals surface area (Å²) in [5, 5.41) is 0. The minimum atomic E-state index is -0.441. The first-order valence-electron chi connectivity index (χ1n) is 5.28. The minimum Gasteiger partial charge on any atom is -0.497 e. The van der Waals surface area contributed by atoms with E-state index in [0.717, 1.165) is 6.20 Å². The van der Waals surface area contributed by atoms with Crippen LogP contribution in [-0.2, 0) is 0 Å². The third-order valence-electron chi connectivity index (χ3n) is 2.51. The van der Waals surface area contributed by atoms with E-state index in [1.54, 1.807) is 18.2 Å². The Balaban J connectivity index is 2.56. The molecule has 5 heteroatoms. The lowest BCUT2D eigenvalue weighted by molar-refractivity contribution is 0.396. The number of nitrogen functional groups attached to an aromatic ring is 1. The molecule has 18 heavy (non-hydrogen) atoms. The Bertz CT molecular complexity index is 573. The number of aromatic nitrogens is 1. The second-order valence-corrected chi connectivity index (χ2v) is 3.70. The van der Waals surface area contributed by atoms with Gasteiger partial charge in [-0.25, -0.2) is 9.37 Å². The summed E-state index contributed by atoms with van der Waals surface area (Å²) in [7, 11) is 3.01. The number of anilines is 1. The Morgan fingerprint density at radius 1 is 1.11 bits per heavy atom. The van der Waals surface area contributed by atoms with Crippen molar-refractivity contribution in [2.45, 2.75) is 0 Å². The van der Waals surface area contributed by atoms with Crippen LogP contribution in [0, 0.1) is 5.82 Å². The van der Waals surface area contributed by atoms with Crippen LogP contribution in [0.15, 0.2) is 30.5 Å². The molecule has 0 fully saturated rings. The zero-order valence-electron chi connectivity index (χ0n) is 10.1. The van der Waals surface area contributed by atoms with E-state index in [4.69, 9.17) is 15.2 Å². The van der Waals surface area contributed by atoms with Gasteiger partial charge in [-0.2, -0.15) is 0 Å². The molecule has 0 radical (unpaired) electrons. The first kappa shape index (κ1) is 12.2. The van der Waals surface area contributed by atoms with E-state index in [-0.39, 0.29) is 0 Å². The molecule has 1 aromatic carbocycles. The molecule has 0 atom stereocenters. The van der Waals surface area contributed by atoms with Crippen molar-refractivity contribution in [2.24, 2.45) is 0 Å². The molecule has 1 heterocycles. The van der Waals surface area contributed by atoms with Gasteiger partial charge in [0, 0.05) is 23.4 Å². The molecule has 0 aliphatic rings. The number of ether oxygens (including phenoxy) is 2. The highest BCUT2D eigenvalue weighted by atomic mass is 19.1. The summed E-state index contributed by atoms with van der Waals surface area (Å²) < 4.78 is 23.8. The third kappa shape index (κ3) is 2.34. The predicted molar refractivity (Wildman–Crippen MR) is 67.1 cm³/mol. The van der Waals surface area contributed by atoms with Gasteiger partial charge >= 0.3 is 0 Å². The van der Waals surface area contributed by atoms with Gasteiger partial charge in [0.05, 0.1) is 20.4 Å². The highest BCUT2D eigenvalue weighted by Crippen LogP contribution is 2.30. The normalized spacial score (nSPS) is 10.2. The second kappa shape index (κ2) is 4.91. The molecule has 0 amide bonds. The van der Waals surface area contributed by atoms with Crippen molar-refractivity contribution in [1.82, 2.24) is 4.98 Å². The highest BCUT2D eigenvalue weighted by molar-refractivity contribution is 5.70. The standard InChI is InChI=1S/C13H13FN2O2/c1-17-10-4-8(3-9(15)5-10)11-6-13(18-2)16-7-12(11)14/h3-7H,15H2,1-2H3. The number of nitrogens with two attached hydrogens (primary N) is 1. The maximum absolute atomic E-state index is 13.8. The lowest BCUT2D eigenvalue weighted by atomic mass is 10.1. The van der Waals surface area contributed by atoms with Gasteiger partial charge in [-0.1, -0.05) is 0 Å². The van der Waals surface area contributed by atoms with Crippen LogP contribution in [0.25, 0.3) is 11.1 Å². The van der Waals surface area contributed by atoms with Crippen molar-refractivity contribution in [3.63, 3.8) is 0 Å². The van der Waals surface area contributed by atoms with Gasteiger partial charge in [-0.05, 0) is 17.7 Å². The van der Waals surface area contributed by atoms with E-state index in [0.29, 0.717) is 28.4 Å². The van der Waals surface area contributed by atoms with Crippen LogP contribution in [0.2, 0.25) is 0 Å². The topological polar surface area (TPSA) is 57.4 Å². The molecule has 94 valence electrons. The van der Waals surface area contributed by atoms with Crippen LogP contribution < -0.4 is 15.2 Å². The SMILES string of the molecule is COc1cc(N)cc(-c2cc(OC)ncc2F)c1. The Morgan fingerprint density at radius 3 is 2.56 bits per heavy atom. The molecule has 2 aromatic rings. The number of hydrogen-bond acceptors (Lipinski definition) is 4. The van der Waals surface area contributed by atoms with Crippen molar-refractivity contribution in [3.05, 3.63) is 36.3 Å². The number of nitrogens with zero attached hydrogens (tertiary/aromatic N) is 1. The van der Waals surface area contributed by atoms with Crippen molar-refractivity contribution in [2.75, 3.05) is 20.0 Å². The molecule has 1 aromatic heterocycles. The molecule has 0 saturated carbocycles. The summed E-state index contributed by atoms with van der Waals surface area (Å²) in [5.41, 5.74) is 7.23. The smallest absolute Gasteiger partial charge is 0.213 e. The summed E-state index contributed by atoms with van der Waals surface area (Å²) >= 11 is 0. The highest BCUT2D eigenvalue weighted by Gasteiger charge is 2.09. The summed E-state index contributed by atoms with van der Waals surface area (Å²) in [4.78, 5) is 3.79. The average molecular weight is 248 g/mol. The van der Waals surface area contributed by atoms with E-state index < -0.39 is 5.82 Å². The lowest BCUT2D eigenvalue weighted by Gasteiger charge is -2.08. The maximum atomic E-state index is 13.8. The van der Waals surface area contributed by atoms with Crippen LogP contribution in [-0.4, -0.2) is 19.2 Å². The van der Waals surface area contributed by atoms with Crippen molar-refractivity contribution in [1.29, 1.82) is 0 Å². The zero-order chi connectivity index (χ0) is 13.1. The van der Waals surface area contributed by atoms with E-state index in [1.165, 1.54) is 20.3 Å². The molecule has 0 aliphatic carbocycles. The van der Waals surface area contributed by atoms with E-state index >= 15 is 0 Å². The Morgan fingerprint density at radius 2 is 1.89 bits per heavy atom. The Kier molecular flexibility index (Phi) is 3.32. The van der Waals surface area contributed by atoms with Gasteiger partial charge in [0.1, 0.15) is 11.6 Å². The Hall–Kier alpha value is -2.30. The number of rotatable bonds is 3. The molecule has 4 nitrogen and oxygen atoms in total. The average Bonchev–Trinajstić information content (AvgIpc) is 2.38. The molecule has 2 N–H and O–H groups in total. The molecule has 0 spiro atoms. The van der Waals surface area contributed by atoms with Crippen LogP contribution in [0.5, 0.6) is 11.6 Å². The van der Waals surface area contributed by atoms with Gasteiger partial charge in [0.15, 0.2) is 0 Å². The summed E-state index contributed by atoms with van der Waals surface area (Å²) in [5.74, 6) is 0.469. The number of methoxy groups -OCH3 is 2. The largest absolute Gasteiger partial charge is 0.497 e. The summed E-state index contributed by atoms with van der Waals surface area (Å²) in [6, 6.07) is 6.55. The van der Waals surface area contributed by atoms with Crippen LogP contribution in [0.3, 0.4) is 0 Å². The molecule has 0 saturated heterocycles. The lowest BCUT2D eigenvalue weighted by Crippen LogP contribution is -1.94. The van der Waals surface area contributed by atoms with Crippen molar-refractivity contribution in [3.8, 4) is 22.8 Å². The quantitative estimate of drug-likeness (QED) is 0.848. The minimum absolute atomic E-state index is 0.341. The molecule has 0 unspecified atom stereocenters. The molecule has 2 rings (SSSR count). The second-order valence-electron chi connectivity index (χ2n) is 3.70. The Labute approximate surface area is 104 Å². The molecular weight excluding hydrogens is 235 g/mol. The van der Waals surface area contributed by atoms with Gasteiger partial charge in [0.2, 0.25) is 5.88 Å². The fourth-order valence-electron chi connectivity index (χ4n) is 1.65. The van der Waals surface area contributed by atoms with Crippen molar-refractivity contribution < 1.29 is 13.9 Å². The van der Waals surface area contributed by atoms with Gasteiger partial charge in [0.25, 0.3) is 0 Å².